The monoisotopic (exact) mass is 335 g/mol. The Labute approximate surface area is 138 Å². The molecule has 0 aliphatic carbocycles. The lowest BCUT2D eigenvalue weighted by molar-refractivity contribution is -0.129. The Hall–Kier alpha value is -2.40. The minimum atomic E-state index is -1.07. The molecule has 0 saturated heterocycles. The zero-order valence-electron chi connectivity index (χ0n) is 12.4. The molecule has 23 heavy (non-hydrogen) atoms. The minimum absolute atomic E-state index is 0.0631. The molecule has 0 aliphatic heterocycles. The zero-order chi connectivity index (χ0) is 16.8. The van der Waals surface area contributed by atoms with Crippen LogP contribution in [-0.2, 0) is 16.1 Å². The Bertz CT molecular complexity index is 686. The summed E-state index contributed by atoms with van der Waals surface area (Å²) in [5.74, 6) is -2.25. The fourth-order valence-electron chi connectivity index (χ4n) is 1.89. The maximum Gasteiger partial charge on any atom is 0.343 e. The number of nitrogens with one attached hydrogen (secondary N) is 1. The predicted molar refractivity (Wildman–Crippen MR) is 84.6 cm³/mol. The molecule has 0 aromatic heterocycles. The molecule has 2 aromatic rings. The van der Waals surface area contributed by atoms with Crippen LogP contribution in [0.3, 0.4) is 0 Å². The van der Waals surface area contributed by atoms with Crippen LogP contribution in [0.25, 0.3) is 0 Å². The van der Waals surface area contributed by atoms with E-state index in [1.165, 1.54) is 19.1 Å². The molecule has 0 saturated carbocycles. The highest BCUT2D eigenvalue weighted by atomic mass is 35.5. The average Bonchev–Trinajstić information content (AvgIpc) is 2.53. The molecule has 0 heterocycles. The highest BCUT2D eigenvalue weighted by molar-refractivity contribution is 6.33. The molecule has 1 amide bonds. The lowest BCUT2D eigenvalue weighted by Crippen LogP contribution is -2.35. The first-order chi connectivity index (χ1) is 11.0. The summed E-state index contributed by atoms with van der Waals surface area (Å²) in [7, 11) is 0. The number of esters is 1. The van der Waals surface area contributed by atoms with Gasteiger partial charge in [0.15, 0.2) is 6.10 Å². The molecule has 0 fully saturated rings. The molecule has 2 aromatic carbocycles. The Kier molecular flexibility index (Phi) is 5.71. The van der Waals surface area contributed by atoms with Gasteiger partial charge in [0.25, 0.3) is 5.91 Å². The molecule has 0 radical (unpaired) electrons. The van der Waals surface area contributed by atoms with Gasteiger partial charge in [0.2, 0.25) is 0 Å². The fraction of sp³-hybridized carbons (Fsp3) is 0.176. The van der Waals surface area contributed by atoms with Gasteiger partial charge < -0.3 is 10.1 Å². The molecule has 120 valence electrons. The van der Waals surface area contributed by atoms with E-state index in [1.54, 1.807) is 0 Å². The van der Waals surface area contributed by atoms with E-state index in [2.05, 4.69) is 5.32 Å². The van der Waals surface area contributed by atoms with E-state index in [0.717, 1.165) is 11.6 Å². The van der Waals surface area contributed by atoms with E-state index >= 15 is 0 Å². The summed E-state index contributed by atoms with van der Waals surface area (Å²) in [5.41, 5.74) is 0.536. The summed E-state index contributed by atoms with van der Waals surface area (Å²) in [5, 5.41) is 2.58. The molecule has 0 bridgehead atoms. The summed E-state index contributed by atoms with van der Waals surface area (Å²) >= 11 is 5.79. The first-order valence-corrected chi connectivity index (χ1v) is 7.33. The number of halogens is 2. The second-order valence-electron chi connectivity index (χ2n) is 4.85. The Balaban J connectivity index is 1.94. The van der Waals surface area contributed by atoms with Crippen molar-refractivity contribution >= 4 is 23.5 Å². The maximum absolute atomic E-state index is 13.6. The second kappa shape index (κ2) is 7.74. The number of ether oxygens (including phenoxy) is 1. The van der Waals surface area contributed by atoms with E-state index in [0.29, 0.717) is 6.54 Å². The van der Waals surface area contributed by atoms with Crippen LogP contribution in [0, 0.1) is 5.82 Å². The maximum atomic E-state index is 13.6. The van der Waals surface area contributed by atoms with Crippen LogP contribution in [0.1, 0.15) is 22.8 Å². The van der Waals surface area contributed by atoms with Gasteiger partial charge >= 0.3 is 5.97 Å². The quantitative estimate of drug-likeness (QED) is 0.853. The normalized spacial score (nSPS) is 11.6. The first-order valence-electron chi connectivity index (χ1n) is 6.95. The number of carbonyl (C=O) groups excluding carboxylic acids is 2. The number of amides is 1. The first kappa shape index (κ1) is 17.0. The van der Waals surface area contributed by atoms with Crippen molar-refractivity contribution < 1.29 is 18.7 Å². The second-order valence-corrected chi connectivity index (χ2v) is 5.25. The summed E-state index contributed by atoms with van der Waals surface area (Å²) in [6.45, 7) is 1.72. The number of carbonyl (C=O) groups is 2. The van der Waals surface area contributed by atoms with E-state index < -0.39 is 23.8 Å². The van der Waals surface area contributed by atoms with Crippen molar-refractivity contribution in [2.45, 2.75) is 19.6 Å². The summed E-state index contributed by atoms with van der Waals surface area (Å²) in [6, 6.07) is 13.1. The third-order valence-electron chi connectivity index (χ3n) is 3.13. The van der Waals surface area contributed by atoms with Gasteiger partial charge in [-0.1, -0.05) is 48.0 Å². The van der Waals surface area contributed by atoms with Crippen molar-refractivity contribution in [3.05, 3.63) is 70.5 Å². The van der Waals surface area contributed by atoms with Crippen LogP contribution >= 0.6 is 11.6 Å². The predicted octanol–water partition coefficient (Wildman–Crippen LogP) is 3.34. The number of benzene rings is 2. The van der Waals surface area contributed by atoms with Crippen LogP contribution < -0.4 is 5.32 Å². The molecule has 0 aliphatic rings. The summed E-state index contributed by atoms with van der Waals surface area (Å²) < 4.78 is 18.6. The molecule has 1 N–H and O–H groups in total. The number of hydrogen-bond donors (Lipinski definition) is 1. The van der Waals surface area contributed by atoms with E-state index in [-0.39, 0.29) is 10.6 Å². The van der Waals surface area contributed by atoms with Crippen LogP contribution in [0.4, 0.5) is 4.39 Å². The topological polar surface area (TPSA) is 55.4 Å². The van der Waals surface area contributed by atoms with Gasteiger partial charge in [-0.15, -0.1) is 0 Å². The van der Waals surface area contributed by atoms with Gasteiger partial charge in [-0.05, 0) is 24.6 Å². The lowest BCUT2D eigenvalue weighted by atomic mass is 10.2. The van der Waals surface area contributed by atoms with Crippen LogP contribution in [0.2, 0.25) is 5.02 Å². The molecule has 6 heteroatoms. The number of rotatable bonds is 5. The number of hydrogen-bond acceptors (Lipinski definition) is 3. The Morgan fingerprint density at radius 1 is 1.17 bits per heavy atom. The Morgan fingerprint density at radius 3 is 2.52 bits per heavy atom. The third-order valence-corrected chi connectivity index (χ3v) is 3.44. The lowest BCUT2D eigenvalue weighted by Gasteiger charge is -2.14. The summed E-state index contributed by atoms with van der Waals surface area (Å²) in [4.78, 5) is 23.9. The van der Waals surface area contributed by atoms with Crippen molar-refractivity contribution in [3.63, 3.8) is 0 Å². The SMILES string of the molecule is C[C@H](OC(=O)c1c(F)cccc1Cl)C(=O)NCc1ccccc1. The van der Waals surface area contributed by atoms with Crippen molar-refractivity contribution in [2.24, 2.45) is 0 Å². The minimum Gasteiger partial charge on any atom is -0.449 e. The van der Waals surface area contributed by atoms with Crippen LogP contribution in [0.5, 0.6) is 0 Å². The van der Waals surface area contributed by atoms with Crippen LogP contribution in [0.15, 0.2) is 48.5 Å². The van der Waals surface area contributed by atoms with Gasteiger partial charge in [-0.2, -0.15) is 0 Å². The zero-order valence-corrected chi connectivity index (χ0v) is 13.1. The van der Waals surface area contributed by atoms with E-state index in [4.69, 9.17) is 16.3 Å². The van der Waals surface area contributed by atoms with Crippen molar-refractivity contribution in [3.8, 4) is 0 Å². The molecular weight excluding hydrogens is 321 g/mol. The average molecular weight is 336 g/mol. The smallest absolute Gasteiger partial charge is 0.343 e. The summed E-state index contributed by atoms with van der Waals surface area (Å²) in [6.07, 6.45) is -1.07. The van der Waals surface area contributed by atoms with Gasteiger partial charge in [0, 0.05) is 6.54 Å². The van der Waals surface area contributed by atoms with Gasteiger partial charge in [0.1, 0.15) is 11.4 Å². The highest BCUT2D eigenvalue weighted by Crippen LogP contribution is 2.20. The van der Waals surface area contributed by atoms with Gasteiger partial charge in [-0.3, -0.25) is 4.79 Å². The molecule has 4 nitrogen and oxygen atoms in total. The van der Waals surface area contributed by atoms with Crippen LogP contribution in [-0.4, -0.2) is 18.0 Å². The molecule has 0 unspecified atom stereocenters. The Morgan fingerprint density at radius 2 is 1.87 bits per heavy atom. The molecule has 1 atom stereocenters. The standard InChI is InChI=1S/C17H15ClFNO3/c1-11(16(21)20-10-12-6-3-2-4-7-12)23-17(22)15-13(18)8-5-9-14(15)19/h2-9,11H,10H2,1H3,(H,20,21)/t11-/m0/s1. The highest BCUT2D eigenvalue weighted by Gasteiger charge is 2.23. The van der Waals surface area contributed by atoms with E-state index in [1.807, 2.05) is 30.3 Å². The fourth-order valence-corrected chi connectivity index (χ4v) is 2.13. The van der Waals surface area contributed by atoms with E-state index in [9.17, 15) is 14.0 Å². The van der Waals surface area contributed by atoms with Crippen molar-refractivity contribution in [1.29, 1.82) is 0 Å². The van der Waals surface area contributed by atoms with Crippen molar-refractivity contribution in [2.75, 3.05) is 0 Å². The third kappa shape index (κ3) is 4.53. The molecule has 0 spiro atoms. The largest absolute Gasteiger partial charge is 0.449 e. The van der Waals surface area contributed by atoms with Gasteiger partial charge in [-0.25, -0.2) is 9.18 Å². The molecular formula is C17H15ClFNO3. The molecule has 2 rings (SSSR count). The van der Waals surface area contributed by atoms with Crippen molar-refractivity contribution in [1.82, 2.24) is 5.32 Å². The van der Waals surface area contributed by atoms with Gasteiger partial charge in [0.05, 0.1) is 5.02 Å².